The van der Waals surface area contributed by atoms with E-state index in [0.29, 0.717) is 25.3 Å². The largest absolute Gasteiger partial charge is 0.352 e. The van der Waals surface area contributed by atoms with Gasteiger partial charge in [0.05, 0.1) is 6.26 Å². The van der Waals surface area contributed by atoms with Gasteiger partial charge in [0.2, 0.25) is 10.0 Å². The monoisotopic (exact) mass is 342 g/mol. The van der Waals surface area contributed by atoms with Crippen LogP contribution in [0, 0.1) is 6.92 Å². The molecule has 1 atom stereocenters. The number of rotatable bonds is 5. The summed E-state index contributed by atoms with van der Waals surface area (Å²) in [6.07, 6.45) is 5.60. The molecule has 1 aromatic rings. The van der Waals surface area contributed by atoms with E-state index < -0.39 is 21.5 Å². The molecule has 8 nitrogen and oxygen atoms in total. The Kier molecular flexibility index (Phi) is 5.53. The van der Waals surface area contributed by atoms with Crippen molar-refractivity contribution >= 4 is 15.9 Å². The fourth-order valence-electron chi connectivity index (χ4n) is 2.79. The van der Waals surface area contributed by atoms with E-state index in [-0.39, 0.29) is 11.6 Å². The average molecular weight is 342 g/mol. The predicted molar refractivity (Wildman–Crippen MR) is 85.7 cm³/mol. The second-order valence-corrected chi connectivity index (χ2v) is 7.71. The van der Waals surface area contributed by atoms with Crippen molar-refractivity contribution in [2.45, 2.75) is 38.6 Å². The van der Waals surface area contributed by atoms with Gasteiger partial charge in [0.1, 0.15) is 11.4 Å². The van der Waals surface area contributed by atoms with Crippen LogP contribution in [0.25, 0.3) is 0 Å². The Morgan fingerprint density at radius 1 is 1.48 bits per heavy atom. The van der Waals surface area contributed by atoms with Crippen molar-refractivity contribution in [2.24, 2.45) is 0 Å². The third-order valence-corrected chi connectivity index (χ3v) is 5.27. The van der Waals surface area contributed by atoms with E-state index in [1.54, 1.807) is 6.92 Å². The minimum absolute atomic E-state index is 0.0424. The Labute approximate surface area is 135 Å². The van der Waals surface area contributed by atoms with Crippen molar-refractivity contribution < 1.29 is 13.2 Å². The first-order valence-electron chi connectivity index (χ1n) is 7.60. The van der Waals surface area contributed by atoms with Crippen LogP contribution in [-0.4, -0.2) is 54.0 Å². The van der Waals surface area contributed by atoms with Crippen LogP contribution in [0.2, 0.25) is 0 Å². The first kappa shape index (κ1) is 17.6. The van der Waals surface area contributed by atoms with Gasteiger partial charge in [0, 0.05) is 25.3 Å². The number of piperidine rings is 1. The quantitative estimate of drug-likeness (QED) is 0.783. The van der Waals surface area contributed by atoms with Gasteiger partial charge < -0.3 is 10.3 Å². The fraction of sp³-hybridized carbons (Fsp3) is 0.643. The molecule has 2 heterocycles. The van der Waals surface area contributed by atoms with E-state index in [1.807, 2.05) is 0 Å². The lowest BCUT2D eigenvalue weighted by Gasteiger charge is -2.33. The molecule has 0 radical (unpaired) electrons. The molecule has 128 valence electrons. The lowest BCUT2D eigenvalue weighted by molar-refractivity contribution is 0.0947. The number of carbonyl (C=O) groups is 1. The second kappa shape index (κ2) is 7.22. The summed E-state index contributed by atoms with van der Waals surface area (Å²) in [6.45, 7) is 2.47. The molecule has 0 bridgehead atoms. The summed E-state index contributed by atoms with van der Waals surface area (Å²) in [7, 11) is -3.23. The first-order valence-corrected chi connectivity index (χ1v) is 9.45. The van der Waals surface area contributed by atoms with Gasteiger partial charge in [-0.2, -0.15) is 4.31 Å². The van der Waals surface area contributed by atoms with Crippen LogP contribution in [0.4, 0.5) is 0 Å². The van der Waals surface area contributed by atoms with E-state index in [0.717, 1.165) is 19.3 Å². The minimum Gasteiger partial charge on any atom is -0.352 e. The van der Waals surface area contributed by atoms with Gasteiger partial charge in [0.25, 0.3) is 11.5 Å². The number of carbonyl (C=O) groups excluding carboxylic acids is 1. The molecule has 1 fully saturated rings. The molecular weight excluding hydrogens is 320 g/mol. The molecule has 0 spiro atoms. The Balaban J connectivity index is 1.93. The molecular formula is C14H22N4O4S. The standard InChI is InChI=1S/C14H22N4O4S/c1-10-16-9-12(14(20)17-10)13(19)15-7-6-11-5-3-4-8-18(11)23(2,21)22/h9,11H,3-8H2,1-2H3,(H,15,19)(H,16,17,20)/t11-/m0/s1. The molecule has 1 aliphatic heterocycles. The zero-order chi connectivity index (χ0) is 17.0. The van der Waals surface area contributed by atoms with E-state index in [2.05, 4.69) is 15.3 Å². The molecule has 23 heavy (non-hydrogen) atoms. The smallest absolute Gasteiger partial charge is 0.263 e. The maximum Gasteiger partial charge on any atom is 0.263 e. The van der Waals surface area contributed by atoms with Gasteiger partial charge >= 0.3 is 0 Å². The molecule has 0 saturated carbocycles. The summed E-state index contributed by atoms with van der Waals surface area (Å²) < 4.78 is 25.1. The van der Waals surface area contributed by atoms with E-state index in [4.69, 9.17) is 0 Å². The number of nitrogens with zero attached hydrogens (tertiary/aromatic N) is 2. The summed E-state index contributed by atoms with van der Waals surface area (Å²) in [5, 5.41) is 2.66. The Morgan fingerprint density at radius 3 is 2.87 bits per heavy atom. The number of aryl methyl sites for hydroxylation is 1. The lowest BCUT2D eigenvalue weighted by atomic mass is 10.0. The summed E-state index contributed by atoms with van der Waals surface area (Å²) in [4.78, 5) is 30.1. The van der Waals surface area contributed by atoms with Gasteiger partial charge in [-0.05, 0) is 26.2 Å². The number of sulfonamides is 1. The van der Waals surface area contributed by atoms with Gasteiger partial charge in [-0.15, -0.1) is 0 Å². The summed E-state index contributed by atoms with van der Waals surface area (Å²) in [5.41, 5.74) is -0.523. The maximum atomic E-state index is 12.0. The average Bonchev–Trinajstić information content (AvgIpc) is 2.46. The number of hydrogen-bond acceptors (Lipinski definition) is 5. The third kappa shape index (κ3) is 4.61. The summed E-state index contributed by atoms with van der Waals surface area (Å²) in [6, 6.07) is -0.103. The van der Waals surface area contributed by atoms with Gasteiger partial charge in [-0.25, -0.2) is 13.4 Å². The highest BCUT2D eigenvalue weighted by atomic mass is 32.2. The molecule has 0 unspecified atom stereocenters. The Hall–Kier alpha value is -1.74. The number of aromatic amines is 1. The normalized spacial score (nSPS) is 19.5. The summed E-state index contributed by atoms with van der Waals surface area (Å²) >= 11 is 0. The highest BCUT2D eigenvalue weighted by molar-refractivity contribution is 7.88. The summed E-state index contributed by atoms with van der Waals surface area (Å²) in [5.74, 6) is -0.0574. The van der Waals surface area contributed by atoms with Crippen LogP contribution in [-0.2, 0) is 10.0 Å². The third-order valence-electron chi connectivity index (χ3n) is 3.93. The van der Waals surface area contributed by atoms with Crippen LogP contribution in [0.1, 0.15) is 41.9 Å². The molecule has 2 N–H and O–H groups in total. The SMILES string of the molecule is Cc1ncc(C(=O)NCC[C@@H]2CCCCN2S(C)(=O)=O)c(=O)[nH]1. The van der Waals surface area contributed by atoms with Crippen molar-refractivity contribution in [1.82, 2.24) is 19.6 Å². The zero-order valence-corrected chi connectivity index (χ0v) is 14.1. The molecule has 9 heteroatoms. The molecule has 1 aromatic heterocycles. The lowest BCUT2D eigenvalue weighted by Crippen LogP contribution is -2.44. The number of aromatic nitrogens is 2. The van der Waals surface area contributed by atoms with Crippen molar-refractivity contribution in [3.05, 3.63) is 27.9 Å². The van der Waals surface area contributed by atoms with Crippen LogP contribution in [0.5, 0.6) is 0 Å². The predicted octanol–water partition coefficient (Wildman–Crippen LogP) is 0.0123. The second-order valence-electron chi connectivity index (χ2n) is 5.78. The van der Waals surface area contributed by atoms with E-state index >= 15 is 0 Å². The van der Waals surface area contributed by atoms with Crippen LogP contribution >= 0.6 is 0 Å². The van der Waals surface area contributed by atoms with E-state index in [1.165, 1.54) is 16.8 Å². The fourth-order valence-corrected chi connectivity index (χ4v) is 4.01. The van der Waals surface area contributed by atoms with Crippen molar-refractivity contribution in [3.8, 4) is 0 Å². The van der Waals surface area contributed by atoms with E-state index in [9.17, 15) is 18.0 Å². The molecule has 0 aromatic carbocycles. The molecule has 1 saturated heterocycles. The van der Waals surface area contributed by atoms with Gasteiger partial charge in [-0.3, -0.25) is 9.59 Å². The number of amides is 1. The Bertz CT molecular complexity index is 729. The molecule has 1 amide bonds. The number of nitrogens with one attached hydrogen (secondary N) is 2. The molecule has 2 rings (SSSR count). The Morgan fingerprint density at radius 2 is 2.22 bits per heavy atom. The zero-order valence-electron chi connectivity index (χ0n) is 13.3. The van der Waals surface area contributed by atoms with Crippen LogP contribution in [0.15, 0.2) is 11.0 Å². The highest BCUT2D eigenvalue weighted by Crippen LogP contribution is 2.21. The van der Waals surface area contributed by atoms with Crippen LogP contribution < -0.4 is 10.9 Å². The van der Waals surface area contributed by atoms with Crippen molar-refractivity contribution in [2.75, 3.05) is 19.3 Å². The first-order chi connectivity index (χ1) is 10.8. The van der Waals surface area contributed by atoms with Crippen molar-refractivity contribution in [3.63, 3.8) is 0 Å². The maximum absolute atomic E-state index is 12.0. The minimum atomic E-state index is -3.23. The number of H-pyrrole nitrogens is 1. The van der Waals surface area contributed by atoms with Gasteiger partial charge in [-0.1, -0.05) is 6.42 Å². The van der Waals surface area contributed by atoms with Crippen molar-refractivity contribution in [1.29, 1.82) is 0 Å². The topological polar surface area (TPSA) is 112 Å². The van der Waals surface area contributed by atoms with Crippen LogP contribution in [0.3, 0.4) is 0 Å². The van der Waals surface area contributed by atoms with Gasteiger partial charge in [0.15, 0.2) is 0 Å². The number of hydrogen-bond donors (Lipinski definition) is 2. The molecule has 0 aliphatic carbocycles. The highest BCUT2D eigenvalue weighted by Gasteiger charge is 2.28. The molecule has 1 aliphatic rings.